The normalized spacial score (nSPS) is 24.6. The Hall–Kier alpha value is -0.830. The zero-order valence-corrected chi connectivity index (χ0v) is 11.8. The Morgan fingerprint density at radius 3 is 2.94 bits per heavy atom. The number of anilines is 1. The van der Waals surface area contributed by atoms with Gasteiger partial charge in [0.1, 0.15) is 12.1 Å². The fourth-order valence-electron chi connectivity index (χ4n) is 2.48. The number of aromatic nitrogens is 2. The first-order valence-electron chi connectivity index (χ1n) is 7.01. The van der Waals surface area contributed by atoms with Crippen LogP contribution >= 0.6 is 11.6 Å². The van der Waals surface area contributed by atoms with Gasteiger partial charge in [-0.2, -0.15) is 0 Å². The third-order valence-electron chi connectivity index (χ3n) is 3.49. The molecule has 4 heteroatoms. The molecule has 0 bridgehead atoms. The largest absolute Gasteiger partial charge is 0.366 e. The van der Waals surface area contributed by atoms with E-state index in [-0.39, 0.29) is 5.38 Å². The Morgan fingerprint density at radius 2 is 2.11 bits per heavy atom. The molecule has 2 rings (SSSR count). The molecule has 0 radical (unpaired) electrons. The molecule has 0 aliphatic heterocycles. The van der Waals surface area contributed by atoms with E-state index in [1.807, 2.05) is 0 Å². The lowest BCUT2D eigenvalue weighted by Gasteiger charge is -2.21. The number of halogens is 1. The predicted molar refractivity (Wildman–Crippen MR) is 76.2 cm³/mol. The van der Waals surface area contributed by atoms with Crippen molar-refractivity contribution in [1.82, 2.24) is 9.97 Å². The monoisotopic (exact) mass is 267 g/mol. The smallest absolute Gasteiger partial charge is 0.129 e. The van der Waals surface area contributed by atoms with Gasteiger partial charge >= 0.3 is 0 Å². The molecule has 2 atom stereocenters. The fraction of sp³-hybridized carbons (Fsp3) is 0.714. The van der Waals surface area contributed by atoms with Gasteiger partial charge in [-0.25, -0.2) is 9.97 Å². The zero-order chi connectivity index (χ0) is 12.8. The molecule has 1 N–H and O–H groups in total. The van der Waals surface area contributed by atoms with Crippen molar-refractivity contribution >= 4 is 17.4 Å². The van der Waals surface area contributed by atoms with Crippen molar-refractivity contribution in [3.05, 3.63) is 18.1 Å². The van der Waals surface area contributed by atoms with Crippen LogP contribution in [-0.2, 0) is 6.42 Å². The van der Waals surface area contributed by atoms with Crippen LogP contribution in [0.25, 0.3) is 0 Å². The molecule has 0 aromatic carbocycles. The first-order valence-corrected chi connectivity index (χ1v) is 7.44. The van der Waals surface area contributed by atoms with Crippen LogP contribution in [0.4, 0.5) is 5.82 Å². The summed E-state index contributed by atoms with van der Waals surface area (Å²) in [5.41, 5.74) is 1.11. The third-order valence-corrected chi connectivity index (χ3v) is 4.02. The molecule has 1 aromatic rings. The first-order chi connectivity index (χ1) is 8.79. The lowest BCUT2D eigenvalue weighted by molar-refractivity contribution is 0.624. The molecule has 18 heavy (non-hydrogen) atoms. The summed E-state index contributed by atoms with van der Waals surface area (Å²) < 4.78 is 0. The number of nitrogens with one attached hydrogen (secondary N) is 1. The summed E-state index contributed by atoms with van der Waals surface area (Å²) in [7, 11) is 0. The Kier molecular flexibility index (Phi) is 5.24. The van der Waals surface area contributed by atoms with E-state index in [1.54, 1.807) is 6.33 Å². The number of hydrogen-bond donors (Lipinski definition) is 1. The van der Waals surface area contributed by atoms with Crippen LogP contribution in [0.15, 0.2) is 12.4 Å². The first kappa shape index (κ1) is 13.6. The number of alkyl halides is 1. The maximum absolute atomic E-state index is 6.43. The standard InChI is InChI=1S/C14H22ClN3/c1-2-6-11-9-14(17-10-16-11)18-13-8-5-3-4-7-12(13)15/h9-10,12-13H,2-8H2,1H3,(H,16,17,18). The molecule has 100 valence electrons. The minimum Gasteiger partial charge on any atom is -0.366 e. The quantitative estimate of drug-likeness (QED) is 0.666. The third kappa shape index (κ3) is 3.84. The average Bonchev–Trinajstić information content (AvgIpc) is 2.56. The highest BCUT2D eigenvalue weighted by Crippen LogP contribution is 2.24. The summed E-state index contributed by atoms with van der Waals surface area (Å²) in [6.45, 7) is 2.16. The number of nitrogens with zero attached hydrogens (tertiary/aromatic N) is 2. The van der Waals surface area contributed by atoms with Gasteiger partial charge in [-0.3, -0.25) is 0 Å². The fourth-order valence-corrected chi connectivity index (χ4v) is 2.83. The highest BCUT2D eigenvalue weighted by molar-refractivity contribution is 6.21. The summed E-state index contributed by atoms with van der Waals surface area (Å²) in [6.07, 6.45) is 9.81. The molecule has 1 heterocycles. The van der Waals surface area contributed by atoms with Gasteiger partial charge in [-0.05, 0) is 19.3 Å². The average molecular weight is 268 g/mol. The predicted octanol–water partition coefficient (Wildman–Crippen LogP) is 3.78. The van der Waals surface area contributed by atoms with Crippen LogP contribution < -0.4 is 5.32 Å². The van der Waals surface area contributed by atoms with Crippen LogP contribution in [-0.4, -0.2) is 21.4 Å². The lowest BCUT2D eigenvalue weighted by Crippen LogP contribution is -2.29. The number of hydrogen-bond acceptors (Lipinski definition) is 3. The highest BCUT2D eigenvalue weighted by atomic mass is 35.5. The van der Waals surface area contributed by atoms with Gasteiger partial charge in [0.2, 0.25) is 0 Å². The van der Waals surface area contributed by atoms with E-state index in [0.717, 1.165) is 37.2 Å². The van der Waals surface area contributed by atoms with Crippen LogP contribution in [0.5, 0.6) is 0 Å². The molecule has 0 amide bonds. The second-order valence-electron chi connectivity index (χ2n) is 5.05. The second-order valence-corrected chi connectivity index (χ2v) is 5.61. The van der Waals surface area contributed by atoms with E-state index in [9.17, 15) is 0 Å². The molecular formula is C14H22ClN3. The van der Waals surface area contributed by atoms with Crippen LogP contribution in [0.1, 0.15) is 51.1 Å². The van der Waals surface area contributed by atoms with E-state index in [2.05, 4.69) is 28.3 Å². The van der Waals surface area contributed by atoms with Gasteiger partial charge in [-0.1, -0.05) is 32.6 Å². The van der Waals surface area contributed by atoms with Crippen molar-refractivity contribution in [1.29, 1.82) is 0 Å². The molecule has 1 saturated carbocycles. The molecule has 1 aromatic heterocycles. The maximum atomic E-state index is 6.43. The summed E-state index contributed by atoms with van der Waals surface area (Å²) in [4.78, 5) is 8.58. The van der Waals surface area contributed by atoms with Gasteiger partial charge in [-0.15, -0.1) is 11.6 Å². The molecule has 3 nitrogen and oxygen atoms in total. The molecule has 2 unspecified atom stereocenters. The van der Waals surface area contributed by atoms with Crippen LogP contribution in [0, 0.1) is 0 Å². The maximum Gasteiger partial charge on any atom is 0.129 e. The van der Waals surface area contributed by atoms with Crippen molar-refractivity contribution in [2.45, 2.75) is 63.3 Å². The van der Waals surface area contributed by atoms with Crippen molar-refractivity contribution in [2.24, 2.45) is 0 Å². The minimum absolute atomic E-state index is 0.220. The Morgan fingerprint density at radius 1 is 1.28 bits per heavy atom. The number of aryl methyl sites for hydroxylation is 1. The molecule has 1 aliphatic rings. The Balaban J connectivity index is 2.00. The summed E-state index contributed by atoms with van der Waals surface area (Å²) >= 11 is 6.43. The molecule has 0 saturated heterocycles. The van der Waals surface area contributed by atoms with Gasteiger partial charge in [0.15, 0.2) is 0 Å². The van der Waals surface area contributed by atoms with E-state index in [4.69, 9.17) is 11.6 Å². The topological polar surface area (TPSA) is 37.8 Å². The van der Waals surface area contributed by atoms with Gasteiger partial charge < -0.3 is 5.32 Å². The van der Waals surface area contributed by atoms with Crippen molar-refractivity contribution < 1.29 is 0 Å². The lowest BCUT2D eigenvalue weighted by atomic mass is 10.1. The molecule has 1 aliphatic carbocycles. The van der Waals surface area contributed by atoms with Crippen molar-refractivity contribution in [3.8, 4) is 0 Å². The molecular weight excluding hydrogens is 246 g/mol. The summed E-state index contributed by atoms with van der Waals surface area (Å²) in [5.74, 6) is 0.922. The Bertz CT molecular complexity index is 370. The van der Waals surface area contributed by atoms with Gasteiger partial charge in [0.05, 0.1) is 5.38 Å². The van der Waals surface area contributed by atoms with E-state index in [0.29, 0.717) is 6.04 Å². The SMILES string of the molecule is CCCc1cc(NC2CCCCCC2Cl)ncn1. The van der Waals surface area contributed by atoms with E-state index >= 15 is 0 Å². The van der Waals surface area contributed by atoms with Crippen LogP contribution in [0.2, 0.25) is 0 Å². The molecule has 0 spiro atoms. The van der Waals surface area contributed by atoms with E-state index in [1.165, 1.54) is 19.3 Å². The second kappa shape index (κ2) is 6.93. The van der Waals surface area contributed by atoms with Crippen LogP contribution in [0.3, 0.4) is 0 Å². The van der Waals surface area contributed by atoms with Gasteiger partial charge in [0.25, 0.3) is 0 Å². The van der Waals surface area contributed by atoms with Crippen molar-refractivity contribution in [2.75, 3.05) is 5.32 Å². The zero-order valence-electron chi connectivity index (χ0n) is 11.0. The summed E-state index contributed by atoms with van der Waals surface area (Å²) in [5, 5.41) is 3.71. The number of rotatable bonds is 4. The van der Waals surface area contributed by atoms with Gasteiger partial charge in [0, 0.05) is 17.8 Å². The Labute approximate surface area is 114 Å². The highest BCUT2D eigenvalue weighted by Gasteiger charge is 2.21. The van der Waals surface area contributed by atoms with Crippen molar-refractivity contribution in [3.63, 3.8) is 0 Å². The van der Waals surface area contributed by atoms with E-state index < -0.39 is 0 Å². The summed E-state index contributed by atoms with van der Waals surface area (Å²) in [6, 6.07) is 2.40. The molecule has 1 fully saturated rings. The minimum atomic E-state index is 0.220.